The molecular formula is C15H18N2O3S2. The Bertz CT molecular complexity index is 798. The summed E-state index contributed by atoms with van der Waals surface area (Å²) in [5.74, 6) is -0.214. The smallest absolute Gasteiger partial charge is 0.238 e. The van der Waals surface area contributed by atoms with Gasteiger partial charge in [0.25, 0.3) is 0 Å². The molecule has 3 rings (SSSR count). The summed E-state index contributed by atoms with van der Waals surface area (Å²) in [6.45, 7) is 0.844. The molecule has 0 radical (unpaired) electrons. The normalized spacial score (nSPS) is 19.6. The minimum atomic E-state index is -3.33. The molecule has 0 aliphatic carbocycles. The van der Waals surface area contributed by atoms with Crippen molar-refractivity contribution in [2.45, 2.75) is 25.4 Å². The summed E-state index contributed by atoms with van der Waals surface area (Å²) in [5, 5.41) is 6.06. The largest absolute Gasteiger partial charge is 0.351 e. The first-order valence-electron chi connectivity index (χ1n) is 7.16. The second-order valence-corrected chi connectivity index (χ2v) is 8.43. The molecule has 1 aliphatic heterocycles. The average molecular weight is 338 g/mol. The second kappa shape index (κ2) is 5.98. The van der Waals surface area contributed by atoms with Crippen LogP contribution in [-0.2, 0) is 21.4 Å². The van der Waals surface area contributed by atoms with Crippen molar-refractivity contribution in [2.75, 3.05) is 12.8 Å². The minimum absolute atomic E-state index is 0.214. The Morgan fingerprint density at radius 3 is 3.00 bits per heavy atom. The first-order valence-corrected chi connectivity index (χ1v) is 9.88. The molecule has 7 heteroatoms. The summed E-state index contributed by atoms with van der Waals surface area (Å²) >= 11 is 1.68. The number of thiophene rings is 1. The van der Waals surface area contributed by atoms with Crippen LogP contribution in [0.25, 0.3) is 10.1 Å². The highest BCUT2D eigenvalue weighted by molar-refractivity contribution is 7.88. The fourth-order valence-electron chi connectivity index (χ4n) is 2.83. The molecule has 0 bridgehead atoms. The molecule has 2 heterocycles. The van der Waals surface area contributed by atoms with Gasteiger partial charge in [0, 0.05) is 17.8 Å². The van der Waals surface area contributed by atoms with E-state index in [4.69, 9.17) is 0 Å². The van der Waals surface area contributed by atoms with Gasteiger partial charge in [-0.25, -0.2) is 8.42 Å². The Hall–Kier alpha value is -1.44. The van der Waals surface area contributed by atoms with Crippen LogP contribution in [0, 0.1) is 0 Å². The molecule has 1 N–H and O–H groups in total. The molecule has 1 amide bonds. The van der Waals surface area contributed by atoms with Gasteiger partial charge >= 0.3 is 0 Å². The summed E-state index contributed by atoms with van der Waals surface area (Å²) in [7, 11) is -3.33. The van der Waals surface area contributed by atoms with Gasteiger partial charge in [-0.05, 0) is 47.4 Å². The fourth-order valence-corrected chi connectivity index (χ4v) is 4.73. The van der Waals surface area contributed by atoms with Crippen LogP contribution < -0.4 is 5.32 Å². The number of sulfonamides is 1. The van der Waals surface area contributed by atoms with Crippen LogP contribution in [0.3, 0.4) is 0 Å². The molecule has 0 saturated carbocycles. The van der Waals surface area contributed by atoms with Gasteiger partial charge in [0.1, 0.15) is 6.04 Å². The van der Waals surface area contributed by atoms with Gasteiger partial charge in [0.15, 0.2) is 0 Å². The first kappa shape index (κ1) is 15.5. The third-order valence-electron chi connectivity index (χ3n) is 3.92. The lowest BCUT2D eigenvalue weighted by Crippen LogP contribution is -2.45. The maximum Gasteiger partial charge on any atom is 0.238 e. The summed E-state index contributed by atoms with van der Waals surface area (Å²) in [4.78, 5) is 12.3. The Kier molecular flexibility index (Phi) is 4.20. The van der Waals surface area contributed by atoms with E-state index in [0.29, 0.717) is 19.5 Å². The standard InChI is InChI=1S/C15H18N2O3S2/c1-22(19,20)17-7-2-3-13(17)15(18)16-10-11-4-5-14-12(9-11)6-8-21-14/h4-6,8-9,13H,2-3,7,10H2,1H3,(H,16,18)/t13-/m0/s1. The zero-order valence-corrected chi connectivity index (χ0v) is 13.9. The van der Waals surface area contributed by atoms with Gasteiger partial charge < -0.3 is 5.32 Å². The number of rotatable bonds is 4. The summed E-state index contributed by atoms with van der Waals surface area (Å²) < 4.78 is 25.9. The number of nitrogens with zero attached hydrogens (tertiary/aromatic N) is 1. The highest BCUT2D eigenvalue weighted by Crippen LogP contribution is 2.22. The lowest BCUT2D eigenvalue weighted by Gasteiger charge is -2.21. The number of benzene rings is 1. The summed E-state index contributed by atoms with van der Waals surface area (Å²) in [5.41, 5.74) is 1.02. The minimum Gasteiger partial charge on any atom is -0.351 e. The van der Waals surface area contributed by atoms with Crippen molar-refractivity contribution in [2.24, 2.45) is 0 Å². The van der Waals surface area contributed by atoms with E-state index in [1.54, 1.807) is 11.3 Å². The molecule has 1 fully saturated rings. The number of hydrogen-bond acceptors (Lipinski definition) is 4. The van der Waals surface area contributed by atoms with E-state index in [2.05, 4.69) is 11.4 Å². The molecule has 22 heavy (non-hydrogen) atoms. The summed E-state index contributed by atoms with van der Waals surface area (Å²) in [6.07, 6.45) is 2.47. The van der Waals surface area contributed by atoms with Crippen molar-refractivity contribution in [3.63, 3.8) is 0 Å². The van der Waals surface area contributed by atoms with Crippen LogP contribution in [0.15, 0.2) is 29.6 Å². The van der Waals surface area contributed by atoms with E-state index in [1.807, 2.05) is 23.6 Å². The number of nitrogens with one attached hydrogen (secondary N) is 1. The predicted octanol–water partition coefficient (Wildman–Crippen LogP) is 1.94. The van der Waals surface area contributed by atoms with Gasteiger partial charge in [0.2, 0.25) is 15.9 Å². The quantitative estimate of drug-likeness (QED) is 0.926. The van der Waals surface area contributed by atoms with Crippen molar-refractivity contribution < 1.29 is 13.2 Å². The van der Waals surface area contributed by atoms with Crippen LogP contribution in [-0.4, -0.2) is 37.5 Å². The monoisotopic (exact) mass is 338 g/mol. The van der Waals surface area contributed by atoms with Gasteiger partial charge in [-0.1, -0.05) is 6.07 Å². The van der Waals surface area contributed by atoms with E-state index in [9.17, 15) is 13.2 Å². The van der Waals surface area contributed by atoms with Crippen LogP contribution in [0.4, 0.5) is 0 Å². The van der Waals surface area contributed by atoms with E-state index < -0.39 is 16.1 Å². The van der Waals surface area contributed by atoms with Gasteiger partial charge in [-0.3, -0.25) is 4.79 Å². The molecule has 1 aliphatic rings. The van der Waals surface area contributed by atoms with Crippen LogP contribution >= 0.6 is 11.3 Å². The molecule has 1 saturated heterocycles. The Labute approximate surface area is 134 Å². The molecule has 1 aromatic carbocycles. The molecule has 1 aromatic heterocycles. The van der Waals surface area contributed by atoms with Gasteiger partial charge in [-0.15, -0.1) is 11.3 Å². The van der Waals surface area contributed by atoms with Crippen LogP contribution in [0.5, 0.6) is 0 Å². The van der Waals surface area contributed by atoms with E-state index in [0.717, 1.165) is 23.6 Å². The maximum absolute atomic E-state index is 12.3. The van der Waals surface area contributed by atoms with E-state index in [-0.39, 0.29) is 5.91 Å². The molecule has 0 spiro atoms. The van der Waals surface area contributed by atoms with Crippen LogP contribution in [0.1, 0.15) is 18.4 Å². The Balaban J connectivity index is 1.66. The Morgan fingerprint density at radius 1 is 1.41 bits per heavy atom. The number of carbonyl (C=O) groups is 1. The zero-order chi connectivity index (χ0) is 15.7. The first-order chi connectivity index (χ1) is 10.4. The molecule has 118 valence electrons. The highest BCUT2D eigenvalue weighted by Gasteiger charge is 2.36. The number of amides is 1. The van der Waals surface area contributed by atoms with Crippen molar-refractivity contribution in [3.05, 3.63) is 35.2 Å². The molecule has 0 unspecified atom stereocenters. The average Bonchev–Trinajstić information content (AvgIpc) is 3.12. The number of hydrogen-bond donors (Lipinski definition) is 1. The zero-order valence-electron chi connectivity index (χ0n) is 12.3. The third kappa shape index (κ3) is 3.16. The van der Waals surface area contributed by atoms with Crippen molar-refractivity contribution in [1.29, 1.82) is 0 Å². The molecule has 1 atom stereocenters. The van der Waals surface area contributed by atoms with Gasteiger partial charge in [0.05, 0.1) is 6.26 Å². The lowest BCUT2D eigenvalue weighted by atomic mass is 10.1. The molecular weight excluding hydrogens is 320 g/mol. The topological polar surface area (TPSA) is 66.5 Å². The molecule has 2 aromatic rings. The SMILES string of the molecule is CS(=O)(=O)N1CCC[C@H]1C(=O)NCc1ccc2sccc2c1. The summed E-state index contributed by atoms with van der Waals surface area (Å²) in [6, 6.07) is 7.56. The van der Waals surface area contributed by atoms with E-state index in [1.165, 1.54) is 9.01 Å². The van der Waals surface area contributed by atoms with Gasteiger partial charge in [-0.2, -0.15) is 4.31 Å². The van der Waals surface area contributed by atoms with Crippen molar-refractivity contribution >= 4 is 37.4 Å². The van der Waals surface area contributed by atoms with E-state index >= 15 is 0 Å². The second-order valence-electron chi connectivity index (χ2n) is 5.54. The fraction of sp³-hybridized carbons (Fsp3) is 0.400. The van der Waals surface area contributed by atoms with Crippen molar-refractivity contribution in [3.8, 4) is 0 Å². The third-order valence-corrected chi connectivity index (χ3v) is 6.10. The highest BCUT2D eigenvalue weighted by atomic mass is 32.2. The maximum atomic E-state index is 12.3. The molecule has 5 nitrogen and oxygen atoms in total. The van der Waals surface area contributed by atoms with Crippen molar-refractivity contribution in [1.82, 2.24) is 9.62 Å². The number of carbonyl (C=O) groups excluding carboxylic acids is 1. The Morgan fingerprint density at radius 2 is 2.23 bits per heavy atom. The lowest BCUT2D eigenvalue weighted by molar-refractivity contribution is -0.124. The van der Waals surface area contributed by atoms with Crippen LogP contribution in [0.2, 0.25) is 0 Å². The predicted molar refractivity (Wildman–Crippen MR) is 88.2 cm³/mol. The number of fused-ring (bicyclic) bond motifs is 1.